The maximum absolute atomic E-state index is 13.3. The molecule has 1 aliphatic carbocycles. The van der Waals surface area contributed by atoms with Crippen LogP contribution in [0.1, 0.15) is 38.2 Å². The molecular formula is C20H28FN5O. The minimum Gasteiger partial charge on any atom is -0.361 e. The number of carbonyl (C=O) groups excluding carboxylic acids is 1. The SMILES string of the molecule is CCNC(=NCCCC(=O)NC1CC1)NCCc1c[nH]c2cc(F)ccc12. The van der Waals surface area contributed by atoms with E-state index in [2.05, 4.69) is 25.9 Å². The molecule has 0 bridgehead atoms. The molecule has 1 aliphatic rings. The number of guanidine groups is 1. The van der Waals surface area contributed by atoms with E-state index in [1.807, 2.05) is 19.2 Å². The molecule has 3 rings (SSSR count). The Hall–Kier alpha value is -2.57. The summed E-state index contributed by atoms with van der Waals surface area (Å²) in [4.78, 5) is 19.3. The van der Waals surface area contributed by atoms with E-state index in [4.69, 9.17) is 0 Å². The number of rotatable bonds is 9. The van der Waals surface area contributed by atoms with E-state index in [0.29, 0.717) is 19.0 Å². The van der Waals surface area contributed by atoms with E-state index in [1.165, 1.54) is 12.1 Å². The molecule has 27 heavy (non-hydrogen) atoms. The summed E-state index contributed by atoms with van der Waals surface area (Å²) >= 11 is 0. The number of hydrogen-bond acceptors (Lipinski definition) is 2. The van der Waals surface area contributed by atoms with Crippen LogP contribution in [-0.2, 0) is 11.2 Å². The van der Waals surface area contributed by atoms with Crippen LogP contribution in [-0.4, -0.2) is 42.5 Å². The van der Waals surface area contributed by atoms with E-state index in [1.54, 1.807) is 0 Å². The summed E-state index contributed by atoms with van der Waals surface area (Å²) in [6.07, 6.45) is 6.22. The zero-order valence-corrected chi connectivity index (χ0v) is 15.8. The summed E-state index contributed by atoms with van der Waals surface area (Å²) in [6, 6.07) is 5.22. The highest BCUT2D eigenvalue weighted by Gasteiger charge is 2.22. The molecule has 1 aromatic carbocycles. The molecule has 2 aromatic rings. The summed E-state index contributed by atoms with van der Waals surface area (Å²) in [7, 11) is 0. The molecule has 4 N–H and O–H groups in total. The van der Waals surface area contributed by atoms with Crippen LogP contribution < -0.4 is 16.0 Å². The molecule has 1 heterocycles. The summed E-state index contributed by atoms with van der Waals surface area (Å²) in [5.41, 5.74) is 1.96. The molecule has 0 aliphatic heterocycles. The highest BCUT2D eigenvalue weighted by molar-refractivity contribution is 5.83. The van der Waals surface area contributed by atoms with Gasteiger partial charge in [-0.25, -0.2) is 4.39 Å². The molecule has 146 valence electrons. The number of H-pyrrole nitrogens is 1. The number of aliphatic imine (C=N–C) groups is 1. The van der Waals surface area contributed by atoms with Gasteiger partial charge < -0.3 is 20.9 Å². The van der Waals surface area contributed by atoms with Gasteiger partial charge in [0.05, 0.1) is 0 Å². The number of hydrogen-bond donors (Lipinski definition) is 4. The van der Waals surface area contributed by atoms with Crippen molar-refractivity contribution in [2.45, 2.75) is 45.1 Å². The fourth-order valence-electron chi connectivity index (χ4n) is 2.98. The summed E-state index contributed by atoms with van der Waals surface area (Å²) in [5, 5.41) is 10.6. The Balaban J connectivity index is 1.43. The van der Waals surface area contributed by atoms with Gasteiger partial charge >= 0.3 is 0 Å². The molecular weight excluding hydrogens is 345 g/mol. The normalized spacial score (nSPS) is 14.4. The summed E-state index contributed by atoms with van der Waals surface area (Å²) in [5.74, 6) is 0.647. The van der Waals surface area contributed by atoms with Crippen molar-refractivity contribution in [3.05, 3.63) is 35.8 Å². The third-order valence-electron chi connectivity index (χ3n) is 4.53. The monoisotopic (exact) mass is 373 g/mol. The number of amides is 1. The largest absolute Gasteiger partial charge is 0.361 e. The second-order valence-electron chi connectivity index (χ2n) is 6.89. The van der Waals surface area contributed by atoms with Crippen molar-refractivity contribution in [2.24, 2.45) is 4.99 Å². The molecule has 7 heteroatoms. The van der Waals surface area contributed by atoms with Gasteiger partial charge in [-0.3, -0.25) is 9.79 Å². The molecule has 0 saturated heterocycles. The van der Waals surface area contributed by atoms with E-state index < -0.39 is 0 Å². The van der Waals surface area contributed by atoms with Crippen LogP contribution in [0.5, 0.6) is 0 Å². The lowest BCUT2D eigenvalue weighted by Gasteiger charge is -2.11. The van der Waals surface area contributed by atoms with Crippen molar-refractivity contribution < 1.29 is 9.18 Å². The van der Waals surface area contributed by atoms with Gasteiger partial charge in [0.15, 0.2) is 5.96 Å². The molecule has 1 fully saturated rings. The van der Waals surface area contributed by atoms with E-state index >= 15 is 0 Å². The van der Waals surface area contributed by atoms with Gasteiger partial charge in [-0.15, -0.1) is 0 Å². The van der Waals surface area contributed by atoms with Gasteiger partial charge in [-0.2, -0.15) is 0 Å². The highest BCUT2D eigenvalue weighted by atomic mass is 19.1. The number of aromatic amines is 1. The Morgan fingerprint density at radius 1 is 1.33 bits per heavy atom. The minimum absolute atomic E-state index is 0.126. The van der Waals surface area contributed by atoms with Crippen molar-refractivity contribution in [1.82, 2.24) is 20.9 Å². The average molecular weight is 373 g/mol. The number of benzene rings is 1. The fourth-order valence-corrected chi connectivity index (χ4v) is 2.98. The van der Waals surface area contributed by atoms with E-state index in [-0.39, 0.29) is 11.7 Å². The predicted molar refractivity (Wildman–Crippen MR) is 106 cm³/mol. The van der Waals surface area contributed by atoms with Gasteiger partial charge in [-0.1, -0.05) is 0 Å². The summed E-state index contributed by atoms with van der Waals surface area (Å²) < 4.78 is 13.3. The quantitative estimate of drug-likeness (QED) is 0.310. The van der Waals surface area contributed by atoms with Gasteiger partial charge in [0.2, 0.25) is 5.91 Å². The fraction of sp³-hybridized carbons (Fsp3) is 0.500. The summed E-state index contributed by atoms with van der Waals surface area (Å²) in [6.45, 7) is 4.13. The predicted octanol–water partition coefficient (Wildman–Crippen LogP) is 2.46. The number of fused-ring (bicyclic) bond motifs is 1. The van der Waals surface area contributed by atoms with Crippen LogP contribution in [0, 0.1) is 5.82 Å². The van der Waals surface area contributed by atoms with Crippen molar-refractivity contribution in [3.63, 3.8) is 0 Å². The Morgan fingerprint density at radius 3 is 2.96 bits per heavy atom. The number of halogens is 1. The molecule has 0 unspecified atom stereocenters. The zero-order valence-electron chi connectivity index (χ0n) is 15.8. The van der Waals surface area contributed by atoms with Crippen molar-refractivity contribution in [2.75, 3.05) is 19.6 Å². The van der Waals surface area contributed by atoms with Gasteiger partial charge in [0.25, 0.3) is 0 Å². The van der Waals surface area contributed by atoms with Crippen molar-refractivity contribution in [3.8, 4) is 0 Å². The Labute approximate surface area is 159 Å². The standard InChI is InChI=1S/C20H28FN5O/c1-2-22-20(23-10-3-4-19(27)26-16-6-7-16)24-11-9-14-13-25-18-12-15(21)5-8-17(14)18/h5,8,12-13,16,25H,2-4,6-7,9-11H2,1H3,(H,26,27)(H2,22,23,24). The zero-order chi connectivity index (χ0) is 19.1. The van der Waals surface area contributed by atoms with Gasteiger partial charge in [0, 0.05) is 49.2 Å². The Kier molecular flexibility index (Phi) is 6.68. The van der Waals surface area contributed by atoms with Crippen LogP contribution >= 0.6 is 0 Å². The Bertz CT molecular complexity index is 797. The molecule has 0 atom stereocenters. The molecule has 0 radical (unpaired) electrons. The smallest absolute Gasteiger partial charge is 0.220 e. The topological polar surface area (TPSA) is 81.3 Å². The van der Waals surface area contributed by atoms with Crippen LogP contribution in [0.4, 0.5) is 4.39 Å². The second kappa shape index (κ2) is 9.39. The minimum atomic E-state index is -0.235. The maximum atomic E-state index is 13.3. The molecule has 6 nitrogen and oxygen atoms in total. The van der Waals surface area contributed by atoms with Crippen LogP contribution in [0.15, 0.2) is 29.4 Å². The van der Waals surface area contributed by atoms with E-state index in [9.17, 15) is 9.18 Å². The van der Waals surface area contributed by atoms with Crippen LogP contribution in [0.2, 0.25) is 0 Å². The highest BCUT2D eigenvalue weighted by Crippen LogP contribution is 2.19. The lowest BCUT2D eigenvalue weighted by molar-refractivity contribution is -0.121. The first-order valence-electron chi connectivity index (χ1n) is 9.72. The van der Waals surface area contributed by atoms with Crippen molar-refractivity contribution >= 4 is 22.8 Å². The van der Waals surface area contributed by atoms with Crippen molar-refractivity contribution in [1.29, 1.82) is 0 Å². The first-order chi connectivity index (χ1) is 13.2. The lowest BCUT2D eigenvalue weighted by atomic mass is 10.1. The Morgan fingerprint density at radius 2 is 2.19 bits per heavy atom. The van der Waals surface area contributed by atoms with Gasteiger partial charge in [0.1, 0.15) is 5.82 Å². The number of nitrogens with zero attached hydrogens (tertiary/aromatic N) is 1. The second-order valence-corrected chi connectivity index (χ2v) is 6.89. The third-order valence-corrected chi connectivity index (χ3v) is 4.53. The maximum Gasteiger partial charge on any atom is 0.220 e. The number of carbonyl (C=O) groups is 1. The molecule has 1 amide bonds. The van der Waals surface area contributed by atoms with Gasteiger partial charge in [-0.05, 0) is 56.4 Å². The van der Waals surface area contributed by atoms with Crippen LogP contribution in [0.25, 0.3) is 10.9 Å². The van der Waals surface area contributed by atoms with Crippen LogP contribution in [0.3, 0.4) is 0 Å². The lowest BCUT2D eigenvalue weighted by Crippen LogP contribution is -2.38. The number of aromatic nitrogens is 1. The third kappa shape index (κ3) is 5.98. The van der Waals surface area contributed by atoms with E-state index in [0.717, 1.165) is 61.2 Å². The molecule has 1 saturated carbocycles. The first kappa shape index (κ1) is 19.2. The molecule has 1 aromatic heterocycles. The number of nitrogens with one attached hydrogen (secondary N) is 4. The molecule has 0 spiro atoms. The first-order valence-corrected chi connectivity index (χ1v) is 9.72. The average Bonchev–Trinajstić information content (AvgIpc) is 3.37.